The van der Waals surface area contributed by atoms with Crippen molar-refractivity contribution < 1.29 is 13.9 Å². The van der Waals surface area contributed by atoms with Gasteiger partial charge in [0.1, 0.15) is 29.1 Å². The second-order valence-corrected chi connectivity index (χ2v) is 9.99. The fourth-order valence-electron chi connectivity index (χ4n) is 4.71. The van der Waals surface area contributed by atoms with Gasteiger partial charge in [-0.1, -0.05) is 12.1 Å². The molecule has 6 rings (SSSR count). The van der Waals surface area contributed by atoms with E-state index in [1.807, 2.05) is 37.8 Å². The van der Waals surface area contributed by atoms with Gasteiger partial charge < -0.3 is 19.9 Å². The molecular weight excluding hydrogens is 435 g/mol. The van der Waals surface area contributed by atoms with Crippen LogP contribution in [0.3, 0.4) is 0 Å². The Balaban J connectivity index is 1.42. The highest BCUT2D eigenvalue weighted by Gasteiger charge is 2.43. The lowest BCUT2D eigenvalue weighted by atomic mass is 9.91. The van der Waals surface area contributed by atoms with Crippen LogP contribution in [0.15, 0.2) is 36.7 Å². The number of hydrogen-bond donors (Lipinski definition) is 1. The zero-order chi connectivity index (χ0) is 24.0. The molecule has 3 saturated heterocycles. The molecule has 2 atom stereocenters. The molecule has 1 amide bonds. The number of carbonyl (C=O) groups is 1. The van der Waals surface area contributed by atoms with Crippen LogP contribution in [0.2, 0.25) is 0 Å². The number of pyridine rings is 1. The van der Waals surface area contributed by atoms with Crippen LogP contribution < -0.4 is 10.2 Å². The number of anilines is 3. The number of benzene rings is 1. The topological polar surface area (TPSA) is 83.5 Å². The van der Waals surface area contributed by atoms with E-state index in [1.54, 1.807) is 25.1 Å². The number of rotatable bonds is 3. The van der Waals surface area contributed by atoms with E-state index in [0.29, 0.717) is 41.2 Å². The van der Waals surface area contributed by atoms with Crippen molar-refractivity contribution in [3.63, 3.8) is 0 Å². The number of piperazine rings is 1. The number of aromatic nitrogens is 3. The maximum Gasteiger partial charge on any atom is 0.410 e. The van der Waals surface area contributed by atoms with Crippen molar-refractivity contribution >= 4 is 34.4 Å². The molecule has 0 radical (unpaired) electrons. The maximum absolute atomic E-state index is 14.6. The number of aryl methyl sites for hydroxylation is 1. The molecule has 178 valence electrons. The number of fused-ring (bicyclic) bond motifs is 4. The van der Waals surface area contributed by atoms with Crippen molar-refractivity contribution in [1.82, 2.24) is 19.9 Å². The Morgan fingerprint density at radius 2 is 1.91 bits per heavy atom. The molecule has 5 heterocycles. The lowest BCUT2D eigenvalue weighted by molar-refractivity contribution is 0.000791. The van der Waals surface area contributed by atoms with Gasteiger partial charge >= 0.3 is 6.09 Å². The molecule has 2 bridgehead atoms. The van der Waals surface area contributed by atoms with E-state index in [2.05, 4.69) is 20.2 Å². The Morgan fingerprint density at radius 3 is 2.65 bits per heavy atom. The molecule has 1 N–H and O–H groups in total. The zero-order valence-corrected chi connectivity index (χ0v) is 19.9. The van der Waals surface area contributed by atoms with Gasteiger partial charge in [0.05, 0.1) is 17.2 Å². The third-order valence-electron chi connectivity index (χ3n) is 6.36. The fraction of sp³-hybridized carbons (Fsp3) is 0.440. The van der Waals surface area contributed by atoms with Gasteiger partial charge in [0.25, 0.3) is 0 Å². The molecule has 34 heavy (non-hydrogen) atoms. The highest BCUT2D eigenvalue weighted by molar-refractivity contribution is 5.88. The predicted molar refractivity (Wildman–Crippen MR) is 129 cm³/mol. The van der Waals surface area contributed by atoms with E-state index in [4.69, 9.17) is 9.72 Å². The third kappa shape index (κ3) is 4.22. The van der Waals surface area contributed by atoms with Crippen LogP contribution in [0.1, 0.15) is 39.2 Å². The molecule has 8 nitrogen and oxygen atoms in total. The summed E-state index contributed by atoms with van der Waals surface area (Å²) >= 11 is 0. The average molecular weight is 465 g/mol. The molecule has 3 aromatic rings. The monoisotopic (exact) mass is 464 g/mol. The Labute approximate surface area is 198 Å². The zero-order valence-electron chi connectivity index (χ0n) is 19.9. The van der Waals surface area contributed by atoms with Crippen LogP contribution in [0.25, 0.3) is 11.0 Å². The third-order valence-corrected chi connectivity index (χ3v) is 6.36. The molecule has 0 aliphatic carbocycles. The van der Waals surface area contributed by atoms with Crippen molar-refractivity contribution in [3.05, 3.63) is 48.0 Å². The molecule has 0 saturated carbocycles. The first-order chi connectivity index (χ1) is 16.2. The first-order valence-corrected chi connectivity index (χ1v) is 11.6. The standard InChI is InChI=1S/C25H29FN6O2/c1-15-6-5-7-18(21(15)26)29-23-22-19(27-14-28-23)10-11-20(30-22)31-12-17-9-8-16(31)13-32(17)24(33)34-25(2,3)4/h5-7,10-11,14,16-17H,8-9,12-13H2,1-4H3,(H,27,28,29)/t16-,17-/m0/s1. The first kappa shape index (κ1) is 22.3. The Bertz CT molecular complexity index is 1240. The number of halogens is 1. The molecule has 3 fully saturated rings. The number of hydrogen-bond acceptors (Lipinski definition) is 7. The van der Waals surface area contributed by atoms with E-state index in [1.165, 1.54) is 6.33 Å². The Hall–Kier alpha value is -3.49. The Morgan fingerprint density at radius 1 is 1.12 bits per heavy atom. The number of carbonyl (C=O) groups excluding carboxylic acids is 1. The summed E-state index contributed by atoms with van der Waals surface area (Å²) in [6, 6.07) is 9.27. The largest absolute Gasteiger partial charge is 0.444 e. The number of nitrogens with zero attached hydrogens (tertiary/aromatic N) is 5. The molecule has 3 aliphatic heterocycles. The van der Waals surface area contributed by atoms with Crippen molar-refractivity contribution in [2.75, 3.05) is 23.3 Å². The summed E-state index contributed by atoms with van der Waals surface area (Å²) in [4.78, 5) is 30.4. The minimum absolute atomic E-state index is 0.0726. The van der Waals surface area contributed by atoms with Gasteiger partial charge in [-0.05, 0) is 64.3 Å². The lowest BCUT2D eigenvalue weighted by Crippen LogP contribution is -2.64. The van der Waals surface area contributed by atoms with Gasteiger partial charge in [-0.3, -0.25) is 0 Å². The van der Waals surface area contributed by atoms with Gasteiger partial charge in [-0.15, -0.1) is 0 Å². The molecule has 0 unspecified atom stereocenters. The molecular formula is C25H29FN6O2. The highest BCUT2D eigenvalue weighted by atomic mass is 19.1. The van der Waals surface area contributed by atoms with E-state index in [9.17, 15) is 9.18 Å². The summed E-state index contributed by atoms with van der Waals surface area (Å²) < 4.78 is 20.2. The van der Waals surface area contributed by atoms with E-state index >= 15 is 0 Å². The van der Waals surface area contributed by atoms with Crippen LogP contribution in [0.5, 0.6) is 0 Å². The molecule has 0 spiro atoms. The summed E-state index contributed by atoms with van der Waals surface area (Å²) in [5, 5.41) is 3.09. The molecule has 2 aromatic heterocycles. The molecule has 1 aromatic carbocycles. The van der Waals surface area contributed by atoms with E-state index < -0.39 is 5.60 Å². The smallest absolute Gasteiger partial charge is 0.410 e. The van der Waals surface area contributed by atoms with Gasteiger partial charge in [-0.2, -0.15) is 0 Å². The van der Waals surface area contributed by atoms with Crippen molar-refractivity contribution in [3.8, 4) is 0 Å². The molecule has 9 heteroatoms. The summed E-state index contributed by atoms with van der Waals surface area (Å²) in [7, 11) is 0. The van der Waals surface area contributed by atoms with E-state index in [-0.39, 0.29) is 24.0 Å². The van der Waals surface area contributed by atoms with Crippen molar-refractivity contribution in [2.24, 2.45) is 0 Å². The van der Waals surface area contributed by atoms with Gasteiger partial charge in [-0.25, -0.2) is 24.1 Å². The van der Waals surface area contributed by atoms with Gasteiger partial charge in [0.2, 0.25) is 0 Å². The van der Waals surface area contributed by atoms with Gasteiger partial charge in [0, 0.05) is 19.1 Å². The van der Waals surface area contributed by atoms with Crippen LogP contribution in [-0.2, 0) is 4.74 Å². The lowest BCUT2D eigenvalue weighted by Gasteiger charge is -2.51. The van der Waals surface area contributed by atoms with Crippen LogP contribution in [0, 0.1) is 12.7 Å². The highest BCUT2D eigenvalue weighted by Crippen LogP contribution is 2.34. The fourth-order valence-corrected chi connectivity index (χ4v) is 4.71. The summed E-state index contributed by atoms with van der Waals surface area (Å²) in [6.07, 6.45) is 3.11. The second kappa shape index (κ2) is 8.38. The summed E-state index contributed by atoms with van der Waals surface area (Å²) in [5.41, 5.74) is 1.62. The average Bonchev–Trinajstić information content (AvgIpc) is 2.81. The SMILES string of the molecule is Cc1cccc(Nc2ncnc3ccc(N4C[C@@H]5CC[C@H]4CN5C(=O)OC(C)(C)C)nc23)c1F. The molecule has 3 aliphatic rings. The van der Waals surface area contributed by atoms with Crippen LogP contribution >= 0.6 is 0 Å². The normalized spacial score (nSPS) is 20.0. The minimum Gasteiger partial charge on any atom is -0.444 e. The summed E-state index contributed by atoms with van der Waals surface area (Å²) in [6.45, 7) is 8.66. The minimum atomic E-state index is -0.520. The first-order valence-electron chi connectivity index (χ1n) is 11.6. The number of ether oxygens (including phenoxy) is 1. The maximum atomic E-state index is 14.6. The number of amides is 1. The quantitative estimate of drug-likeness (QED) is 0.596. The Kier molecular flexibility index (Phi) is 5.50. The van der Waals surface area contributed by atoms with E-state index in [0.717, 1.165) is 18.7 Å². The van der Waals surface area contributed by atoms with Crippen molar-refractivity contribution in [1.29, 1.82) is 0 Å². The number of piperidine rings is 2. The summed E-state index contributed by atoms with van der Waals surface area (Å²) in [5.74, 6) is 0.934. The predicted octanol–water partition coefficient (Wildman–Crippen LogP) is 4.80. The van der Waals surface area contributed by atoms with Crippen LogP contribution in [0.4, 0.5) is 26.5 Å². The number of nitrogens with one attached hydrogen (secondary N) is 1. The van der Waals surface area contributed by atoms with Gasteiger partial charge in [0.15, 0.2) is 5.82 Å². The second-order valence-electron chi connectivity index (χ2n) is 9.99. The van der Waals surface area contributed by atoms with Crippen LogP contribution in [-0.4, -0.2) is 56.7 Å². The van der Waals surface area contributed by atoms with Crippen molar-refractivity contribution in [2.45, 2.75) is 58.2 Å².